The Morgan fingerprint density at radius 3 is 2.47 bits per heavy atom. The van der Waals surface area contributed by atoms with Crippen LogP contribution >= 0.6 is 0 Å². The quantitative estimate of drug-likeness (QED) is 0.912. The summed E-state index contributed by atoms with van der Waals surface area (Å²) < 4.78 is 39.3. The van der Waals surface area contributed by atoms with Gasteiger partial charge in [-0.05, 0) is 43.9 Å². The van der Waals surface area contributed by atoms with Crippen molar-refractivity contribution in [3.8, 4) is 0 Å². The zero-order valence-corrected chi connectivity index (χ0v) is 11.2. The summed E-state index contributed by atoms with van der Waals surface area (Å²) in [6.07, 6.45) is -1.98. The van der Waals surface area contributed by atoms with Gasteiger partial charge < -0.3 is 10.6 Å². The molecule has 106 valence electrons. The highest BCUT2D eigenvalue weighted by atomic mass is 19.4. The number of halogens is 3. The maximum atomic E-state index is 13.1. The molecule has 1 aromatic rings. The Labute approximate surface area is 111 Å². The molecule has 2 rings (SSSR count). The molecule has 5 heteroatoms. The van der Waals surface area contributed by atoms with Gasteiger partial charge in [0.15, 0.2) is 0 Å². The van der Waals surface area contributed by atoms with Crippen molar-refractivity contribution >= 4 is 5.69 Å². The van der Waals surface area contributed by atoms with Gasteiger partial charge >= 0.3 is 6.18 Å². The molecule has 0 aromatic heterocycles. The normalized spacial score (nSPS) is 17.4. The molecule has 0 heterocycles. The molecule has 0 spiro atoms. The number of anilines is 1. The first-order valence-electron chi connectivity index (χ1n) is 6.47. The standard InChI is InChI=1S/C14H19F3N2/c1-9(18)7-10-3-4-12(19(2)11-5-6-11)8-13(10)14(15,16)17/h3-4,8-9,11H,5-7,18H2,1-2H3. The van der Waals surface area contributed by atoms with Crippen molar-refractivity contribution in [3.05, 3.63) is 29.3 Å². The van der Waals surface area contributed by atoms with E-state index in [0.717, 1.165) is 12.8 Å². The minimum atomic E-state index is -4.33. The molecular formula is C14H19F3N2. The molecule has 1 aromatic carbocycles. The molecule has 0 bridgehead atoms. The first-order valence-corrected chi connectivity index (χ1v) is 6.47. The predicted octanol–water partition coefficient (Wildman–Crippen LogP) is 3.19. The van der Waals surface area contributed by atoms with Crippen LogP contribution < -0.4 is 10.6 Å². The minimum absolute atomic E-state index is 0.238. The van der Waals surface area contributed by atoms with Crippen LogP contribution in [0.2, 0.25) is 0 Å². The molecule has 1 saturated carbocycles. The summed E-state index contributed by atoms with van der Waals surface area (Å²) in [6.45, 7) is 1.71. The van der Waals surface area contributed by atoms with Crippen LogP contribution in [0.1, 0.15) is 30.9 Å². The molecule has 1 unspecified atom stereocenters. The number of rotatable bonds is 4. The fraction of sp³-hybridized carbons (Fsp3) is 0.571. The molecule has 1 aliphatic rings. The summed E-state index contributed by atoms with van der Waals surface area (Å²) in [5, 5.41) is 0. The Kier molecular flexibility index (Phi) is 3.76. The third-order valence-corrected chi connectivity index (χ3v) is 3.44. The van der Waals surface area contributed by atoms with E-state index in [2.05, 4.69) is 0 Å². The highest BCUT2D eigenvalue weighted by molar-refractivity contribution is 5.53. The van der Waals surface area contributed by atoms with Gasteiger partial charge in [-0.25, -0.2) is 0 Å². The molecule has 1 atom stereocenters. The second-order valence-corrected chi connectivity index (χ2v) is 5.36. The maximum absolute atomic E-state index is 13.1. The molecule has 0 amide bonds. The summed E-state index contributed by atoms with van der Waals surface area (Å²) in [7, 11) is 1.85. The van der Waals surface area contributed by atoms with E-state index in [1.165, 1.54) is 6.07 Å². The molecule has 0 aliphatic heterocycles. The van der Waals surface area contributed by atoms with Gasteiger partial charge in [0.05, 0.1) is 5.56 Å². The van der Waals surface area contributed by atoms with Gasteiger partial charge in [-0.15, -0.1) is 0 Å². The van der Waals surface area contributed by atoms with Gasteiger partial charge in [-0.3, -0.25) is 0 Å². The number of hydrogen-bond acceptors (Lipinski definition) is 2. The van der Waals surface area contributed by atoms with Gasteiger partial charge in [0, 0.05) is 24.8 Å². The fourth-order valence-electron chi connectivity index (χ4n) is 2.25. The van der Waals surface area contributed by atoms with Crippen molar-refractivity contribution in [2.45, 2.75) is 44.4 Å². The summed E-state index contributed by atoms with van der Waals surface area (Å²) in [5.41, 5.74) is 5.96. The number of nitrogens with zero attached hydrogens (tertiary/aromatic N) is 1. The third-order valence-electron chi connectivity index (χ3n) is 3.44. The number of alkyl halides is 3. The zero-order chi connectivity index (χ0) is 14.2. The average Bonchev–Trinajstić information content (AvgIpc) is 3.10. The van der Waals surface area contributed by atoms with E-state index in [1.807, 2.05) is 11.9 Å². The van der Waals surface area contributed by atoms with E-state index in [-0.39, 0.29) is 18.0 Å². The second kappa shape index (κ2) is 5.04. The Morgan fingerprint density at radius 2 is 2.00 bits per heavy atom. The summed E-state index contributed by atoms with van der Waals surface area (Å²) in [4.78, 5) is 1.92. The van der Waals surface area contributed by atoms with Crippen molar-refractivity contribution in [3.63, 3.8) is 0 Å². The van der Waals surface area contributed by atoms with Gasteiger partial charge in [-0.2, -0.15) is 13.2 Å². The monoisotopic (exact) mass is 272 g/mol. The number of benzene rings is 1. The van der Waals surface area contributed by atoms with Crippen molar-refractivity contribution < 1.29 is 13.2 Å². The van der Waals surface area contributed by atoms with Crippen LogP contribution in [0.25, 0.3) is 0 Å². The lowest BCUT2D eigenvalue weighted by Crippen LogP contribution is -2.23. The largest absolute Gasteiger partial charge is 0.416 e. The van der Waals surface area contributed by atoms with E-state index in [0.29, 0.717) is 11.7 Å². The lowest BCUT2D eigenvalue weighted by atomic mass is 10.00. The smallest absolute Gasteiger partial charge is 0.372 e. The molecule has 19 heavy (non-hydrogen) atoms. The lowest BCUT2D eigenvalue weighted by molar-refractivity contribution is -0.138. The minimum Gasteiger partial charge on any atom is -0.372 e. The molecule has 1 aliphatic carbocycles. The van der Waals surface area contributed by atoms with Crippen LogP contribution in [0.4, 0.5) is 18.9 Å². The molecule has 0 radical (unpaired) electrons. The average molecular weight is 272 g/mol. The van der Waals surface area contributed by atoms with Gasteiger partial charge in [0.2, 0.25) is 0 Å². The summed E-state index contributed by atoms with van der Waals surface area (Å²) in [6, 6.07) is 4.66. The Hall–Kier alpha value is -1.23. The lowest BCUT2D eigenvalue weighted by Gasteiger charge is -2.22. The first-order chi connectivity index (χ1) is 8.79. The van der Waals surface area contributed by atoms with E-state index >= 15 is 0 Å². The van der Waals surface area contributed by atoms with Crippen LogP contribution in [0.15, 0.2) is 18.2 Å². The maximum Gasteiger partial charge on any atom is 0.416 e. The van der Waals surface area contributed by atoms with E-state index in [4.69, 9.17) is 5.73 Å². The van der Waals surface area contributed by atoms with Gasteiger partial charge in [-0.1, -0.05) is 6.07 Å². The van der Waals surface area contributed by atoms with Crippen LogP contribution in [-0.2, 0) is 12.6 Å². The van der Waals surface area contributed by atoms with Crippen LogP contribution in [0, 0.1) is 0 Å². The Morgan fingerprint density at radius 1 is 1.37 bits per heavy atom. The van der Waals surface area contributed by atoms with Gasteiger partial charge in [0.1, 0.15) is 0 Å². The summed E-state index contributed by atoms with van der Waals surface area (Å²) in [5.74, 6) is 0. The van der Waals surface area contributed by atoms with E-state index in [1.54, 1.807) is 19.1 Å². The number of hydrogen-bond donors (Lipinski definition) is 1. The zero-order valence-electron chi connectivity index (χ0n) is 11.2. The second-order valence-electron chi connectivity index (χ2n) is 5.36. The molecular weight excluding hydrogens is 253 g/mol. The SMILES string of the molecule is CC(N)Cc1ccc(N(C)C2CC2)cc1C(F)(F)F. The first kappa shape index (κ1) is 14.2. The highest BCUT2D eigenvalue weighted by Gasteiger charge is 2.35. The fourth-order valence-corrected chi connectivity index (χ4v) is 2.25. The van der Waals surface area contributed by atoms with Crippen LogP contribution in [-0.4, -0.2) is 19.1 Å². The van der Waals surface area contributed by atoms with Crippen molar-refractivity contribution in [2.24, 2.45) is 5.73 Å². The van der Waals surface area contributed by atoms with Crippen molar-refractivity contribution in [1.82, 2.24) is 0 Å². The predicted molar refractivity (Wildman–Crippen MR) is 70.2 cm³/mol. The molecule has 0 saturated heterocycles. The Bertz CT molecular complexity index is 450. The topological polar surface area (TPSA) is 29.3 Å². The van der Waals surface area contributed by atoms with E-state index in [9.17, 15) is 13.2 Å². The van der Waals surface area contributed by atoms with Crippen molar-refractivity contribution in [2.75, 3.05) is 11.9 Å². The third kappa shape index (κ3) is 3.41. The highest BCUT2D eigenvalue weighted by Crippen LogP contribution is 2.37. The molecule has 2 N–H and O–H groups in total. The van der Waals surface area contributed by atoms with E-state index < -0.39 is 11.7 Å². The summed E-state index contributed by atoms with van der Waals surface area (Å²) >= 11 is 0. The Balaban J connectivity index is 2.35. The van der Waals surface area contributed by atoms with Crippen molar-refractivity contribution in [1.29, 1.82) is 0 Å². The number of nitrogens with two attached hydrogens (primary N) is 1. The molecule has 1 fully saturated rings. The van der Waals surface area contributed by atoms with Gasteiger partial charge in [0.25, 0.3) is 0 Å². The van der Waals surface area contributed by atoms with Crippen LogP contribution in [0.3, 0.4) is 0 Å². The van der Waals surface area contributed by atoms with Crippen LogP contribution in [0.5, 0.6) is 0 Å². The molecule has 2 nitrogen and oxygen atoms in total.